The number of carbonyl (C=O) groups excluding carboxylic acids is 1. The maximum Gasteiger partial charge on any atom is 0.432 e. The van der Waals surface area contributed by atoms with E-state index in [4.69, 9.17) is 12.2 Å². The van der Waals surface area contributed by atoms with Gasteiger partial charge in [0, 0.05) is 12.1 Å². The summed E-state index contributed by atoms with van der Waals surface area (Å²) in [7, 11) is 0. The van der Waals surface area contributed by atoms with Crippen molar-refractivity contribution in [1.82, 2.24) is 10.2 Å². The normalized spacial score (nSPS) is 17.1. The van der Waals surface area contributed by atoms with E-state index in [0.717, 1.165) is 4.90 Å². The van der Waals surface area contributed by atoms with E-state index in [1.165, 1.54) is 42.5 Å². The second-order valence-corrected chi connectivity index (χ2v) is 6.72. The van der Waals surface area contributed by atoms with Crippen molar-refractivity contribution >= 4 is 23.1 Å². The van der Waals surface area contributed by atoms with Crippen molar-refractivity contribution in [3.63, 3.8) is 0 Å². The topological polar surface area (TPSA) is 52.6 Å². The first kappa shape index (κ1) is 20.6. The number of halogens is 3. The molecule has 2 aromatic rings. The highest BCUT2D eigenvalue weighted by Crippen LogP contribution is 2.41. The van der Waals surface area contributed by atoms with Gasteiger partial charge in [-0.05, 0) is 29.9 Å². The van der Waals surface area contributed by atoms with Crippen LogP contribution in [-0.2, 0) is 0 Å². The fourth-order valence-corrected chi connectivity index (χ4v) is 3.49. The molecule has 1 unspecified atom stereocenters. The summed E-state index contributed by atoms with van der Waals surface area (Å²) in [5.74, 6) is -0.917. The second-order valence-electron chi connectivity index (χ2n) is 6.33. The number of phenols is 1. The Morgan fingerprint density at radius 1 is 1.21 bits per heavy atom. The standard InChI is InChI=1S/C21H17F3N2O2S/c1-2-11-26-19(21(22,23)24)16(18(28)13-7-4-3-5-8-13)17(25-20(26)29)14-9-6-10-15(27)12-14/h2-10,12,17,27H,1,11H2,(H,25,29). The third kappa shape index (κ3) is 4.17. The van der Waals surface area contributed by atoms with E-state index in [0.29, 0.717) is 0 Å². The molecule has 0 amide bonds. The fraction of sp³-hybridized carbons (Fsp3) is 0.143. The van der Waals surface area contributed by atoms with Crippen LogP contribution in [0.1, 0.15) is 22.0 Å². The van der Waals surface area contributed by atoms with Gasteiger partial charge in [0.2, 0.25) is 0 Å². The second kappa shape index (κ2) is 8.08. The molecule has 150 valence electrons. The number of thiocarbonyl (C=S) groups is 1. The van der Waals surface area contributed by atoms with E-state index in [9.17, 15) is 23.1 Å². The third-order valence-electron chi connectivity index (χ3n) is 4.39. The van der Waals surface area contributed by atoms with E-state index >= 15 is 0 Å². The number of phenolic OH excluding ortho intramolecular Hbond substituents is 1. The lowest BCUT2D eigenvalue weighted by atomic mass is 9.88. The summed E-state index contributed by atoms with van der Waals surface area (Å²) in [6.45, 7) is 3.26. The van der Waals surface area contributed by atoms with Gasteiger partial charge in [-0.1, -0.05) is 48.5 Å². The molecule has 0 saturated heterocycles. The van der Waals surface area contributed by atoms with E-state index in [1.54, 1.807) is 18.2 Å². The van der Waals surface area contributed by atoms with Crippen LogP contribution >= 0.6 is 12.2 Å². The Balaban J connectivity index is 2.30. The summed E-state index contributed by atoms with van der Waals surface area (Å²) in [5.41, 5.74) is -1.23. The number of hydrogen-bond donors (Lipinski definition) is 2. The highest BCUT2D eigenvalue weighted by Gasteiger charge is 2.48. The number of alkyl halides is 3. The third-order valence-corrected chi connectivity index (χ3v) is 4.73. The lowest BCUT2D eigenvalue weighted by Crippen LogP contribution is -2.51. The summed E-state index contributed by atoms with van der Waals surface area (Å²) in [6, 6.07) is 12.2. The number of rotatable bonds is 5. The molecule has 1 heterocycles. The van der Waals surface area contributed by atoms with E-state index in [2.05, 4.69) is 11.9 Å². The smallest absolute Gasteiger partial charge is 0.432 e. The Morgan fingerprint density at radius 2 is 1.90 bits per heavy atom. The van der Waals surface area contributed by atoms with Gasteiger partial charge in [0.05, 0.1) is 11.6 Å². The van der Waals surface area contributed by atoms with Crippen LogP contribution in [0.5, 0.6) is 5.75 Å². The fourth-order valence-electron chi connectivity index (χ4n) is 3.20. The first-order valence-electron chi connectivity index (χ1n) is 8.63. The number of hydrogen-bond acceptors (Lipinski definition) is 3. The molecule has 8 heteroatoms. The Morgan fingerprint density at radius 3 is 2.48 bits per heavy atom. The number of aromatic hydroxyl groups is 1. The maximum atomic E-state index is 14.2. The summed E-state index contributed by atoms with van der Waals surface area (Å²) in [4.78, 5) is 14.0. The van der Waals surface area contributed by atoms with Crippen LogP contribution in [0.15, 0.2) is 78.5 Å². The lowest BCUT2D eigenvalue weighted by molar-refractivity contribution is -0.107. The summed E-state index contributed by atoms with van der Waals surface area (Å²) in [6.07, 6.45) is -3.57. The number of carbonyl (C=O) groups is 1. The minimum atomic E-state index is -4.84. The zero-order valence-corrected chi connectivity index (χ0v) is 15.9. The van der Waals surface area contributed by atoms with Gasteiger partial charge in [0.25, 0.3) is 0 Å². The van der Waals surface area contributed by atoms with Gasteiger partial charge in [0.1, 0.15) is 11.4 Å². The number of Topliss-reactive ketones (excluding diaryl/α,β-unsaturated/α-hetero) is 1. The van der Waals surface area contributed by atoms with Gasteiger partial charge in [0.15, 0.2) is 10.9 Å². The van der Waals surface area contributed by atoms with Crippen molar-refractivity contribution in [3.05, 3.63) is 89.6 Å². The molecule has 3 rings (SSSR count). The van der Waals surface area contributed by atoms with Gasteiger partial charge in [-0.2, -0.15) is 13.2 Å². The first-order valence-corrected chi connectivity index (χ1v) is 9.04. The first-order chi connectivity index (χ1) is 13.7. The summed E-state index contributed by atoms with van der Waals surface area (Å²) in [5, 5.41) is 12.4. The predicted molar refractivity (Wildman–Crippen MR) is 107 cm³/mol. The Labute approximate surface area is 171 Å². The zero-order chi connectivity index (χ0) is 21.2. The van der Waals surface area contributed by atoms with Crippen LogP contribution < -0.4 is 5.32 Å². The largest absolute Gasteiger partial charge is 0.508 e. The molecule has 1 atom stereocenters. The van der Waals surface area contributed by atoms with Crippen molar-refractivity contribution in [2.45, 2.75) is 12.2 Å². The minimum absolute atomic E-state index is 0.113. The van der Waals surface area contributed by atoms with Crippen LogP contribution in [0.25, 0.3) is 0 Å². The van der Waals surface area contributed by atoms with Crippen LogP contribution in [0.3, 0.4) is 0 Å². The quantitative estimate of drug-likeness (QED) is 0.425. The predicted octanol–water partition coefficient (Wildman–Crippen LogP) is 4.51. The zero-order valence-electron chi connectivity index (χ0n) is 15.1. The van der Waals surface area contributed by atoms with Crippen molar-refractivity contribution in [2.75, 3.05) is 6.54 Å². The average Bonchev–Trinajstić information content (AvgIpc) is 2.68. The van der Waals surface area contributed by atoms with Crippen LogP contribution in [0.4, 0.5) is 13.2 Å². The molecule has 0 fully saturated rings. The Kier molecular flexibility index (Phi) is 5.74. The Hall–Kier alpha value is -3.13. The molecule has 1 aliphatic rings. The molecule has 0 aromatic heterocycles. The van der Waals surface area contributed by atoms with E-state index < -0.39 is 29.3 Å². The molecule has 0 aliphatic carbocycles. The number of allylic oxidation sites excluding steroid dienone is 1. The van der Waals surface area contributed by atoms with Crippen LogP contribution in [0, 0.1) is 0 Å². The number of nitrogens with one attached hydrogen (secondary N) is 1. The van der Waals surface area contributed by atoms with E-state index in [1.807, 2.05) is 0 Å². The van der Waals surface area contributed by atoms with Crippen LogP contribution in [0.2, 0.25) is 0 Å². The molecule has 2 aromatic carbocycles. The molecule has 0 saturated carbocycles. The molecular weight excluding hydrogens is 401 g/mol. The van der Waals surface area contributed by atoms with Gasteiger partial charge in [-0.15, -0.1) is 6.58 Å². The highest BCUT2D eigenvalue weighted by atomic mass is 32.1. The van der Waals surface area contributed by atoms with E-state index in [-0.39, 0.29) is 28.5 Å². The van der Waals surface area contributed by atoms with Gasteiger partial charge in [-0.25, -0.2) is 0 Å². The number of benzene rings is 2. The van der Waals surface area contributed by atoms with Crippen molar-refractivity contribution in [1.29, 1.82) is 0 Å². The molecule has 4 nitrogen and oxygen atoms in total. The van der Waals surface area contributed by atoms with Gasteiger partial charge < -0.3 is 15.3 Å². The van der Waals surface area contributed by atoms with Gasteiger partial charge in [-0.3, -0.25) is 4.79 Å². The monoisotopic (exact) mass is 418 g/mol. The average molecular weight is 418 g/mol. The number of ketones is 1. The van der Waals surface area contributed by atoms with Crippen LogP contribution in [-0.4, -0.2) is 33.6 Å². The minimum Gasteiger partial charge on any atom is -0.508 e. The van der Waals surface area contributed by atoms with Crippen molar-refractivity contribution in [3.8, 4) is 5.75 Å². The number of nitrogens with zero attached hydrogens (tertiary/aromatic N) is 1. The molecular formula is C21H17F3N2O2S. The van der Waals surface area contributed by atoms with Crippen molar-refractivity contribution in [2.24, 2.45) is 0 Å². The lowest BCUT2D eigenvalue weighted by Gasteiger charge is -2.39. The SMILES string of the molecule is C=CCN1C(=S)NC(c2cccc(O)c2)C(C(=O)c2ccccc2)=C1C(F)(F)F. The summed E-state index contributed by atoms with van der Waals surface area (Å²) < 4.78 is 42.5. The molecule has 2 N–H and O–H groups in total. The molecule has 0 bridgehead atoms. The molecule has 0 radical (unpaired) electrons. The molecule has 0 spiro atoms. The highest BCUT2D eigenvalue weighted by molar-refractivity contribution is 7.80. The summed E-state index contributed by atoms with van der Waals surface area (Å²) >= 11 is 5.16. The molecule has 1 aliphatic heterocycles. The van der Waals surface area contributed by atoms with Crippen molar-refractivity contribution < 1.29 is 23.1 Å². The Bertz CT molecular complexity index is 987. The van der Waals surface area contributed by atoms with Gasteiger partial charge >= 0.3 is 6.18 Å². The maximum absolute atomic E-state index is 14.2. The molecule has 29 heavy (non-hydrogen) atoms.